The Bertz CT molecular complexity index is 1260. The first-order valence-electron chi connectivity index (χ1n) is 10.3. The van der Waals surface area contributed by atoms with Crippen molar-refractivity contribution in [3.8, 4) is 28.4 Å². The van der Waals surface area contributed by atoms with Crippen LogP contribution < -0.4 is 14.8 Å². The molecule has 0 unspecified atom stereocenters. The molecule has 1 saturated carbocycles. The molecule has 32 heavy (non-hydrogen) atoms. The van der Waals surface area contributed by atoms with Crippen LogP contribution in [0, 0.1) is 0 Å². The van der Waals surface area contributed by atoms with Crippen molar-refractivity contribution in [3.05, 3.63) is 71.4 Å². The third-order valence-corrected chi connectivity index (χ3v) is 6.12. The highest BCUT2D eigenvalue weighted by atomic mass is 32.1. The molecule has 2 aromatic carbocycles. The number of para-hydroxylation sites is 1. The number of ether oxygens (including phenoxy) is 2. The Balaban J connectivity index is 1.42. The van der Waals surface area contributed by atoms with Gasteiger partial charge in [-0.25, -0.2) is 9.67 Å². The lowest BCUT2D eigenvalue weighted by Crippen LogP contribution is -2.16. The van der Waals surface area contributed by atoms with Crippen LogP contribution in [0.4, 0.5) is 5.13 Å². The van der Waals surface area contributed by atoms with Crippen molar-refractivity contribution in [2.45, 2.75) is 18.8 Å². The largest absolute Gasteiger partial charge is 0.497 e. The highest BCUT2D eigenvalue weighted by Crippen LogP contribution is 2.40. The van der Waals surface area contributed by atoms with Gasteiger partial charge in [-0.15, -0.1) is 11.3 Å². The Morgan fingerprint density at radius 3 is 2.62 bits per heavy atom. The van der Waals surface area contributed by atoms with E-state index in [1.54, 1.807) is 18.9 Å². The van der Waals surface area contributed by atoms with Crippen LogP contribution in [0.1, 0.15) is 34.9 Å². The van der Waals surface area contributed by atoms with Gasteiger partial charge in [0.25, 0.3) is 5.91 Å². The molecule has 162 valence electrons. The fourth-order valence-electron chi connectivity index (χ4n) is 3.53. The van der Waals surface area contributed by atoms with Gasteiger partial charge in [-0.05, 0) is 43.2 Å². The lowest BCUT2D eigenvalue weighted by Gasteiger charge is -2.08. The summed E-state index contributed by atoms with van der Waals surface area (Å²) >= 11 is 1.36. The van der Waals surface area contributed by atoms with E-state index in [1.807, 2.05) is 60.0 Å². The molecule has 2 aromatic heterocycles. The van der Waals surface area contributed by atoms with Gasteiger partial charge in [0.2, 0.25) is 0 Å². The number of nitrogens with one attached hydrogen (secondary N) is 1. The first kappa shape index (κ1) is 20.3. The maximum absolute atomic E-state index is 13.2. The number of rotatable bonds is 7. The molecule has 1 aliphatic rings. The summed E-state index contributed by atoms with van der Waals surface area (Å²) in [5, 5.41) is 10.0. The highest BCUT2D eigenvalue weighted by Gasteiger charge is 2.29. The number of aromatic nitrogens is 3. The minimum Gasteiger partial charge on any atom is -0.497 e. The predicted molar refractivity (Wildman–Crippen MR) is 124 cm³/mol. The smallest absolute Gasteiger partial charge is 0.276 e. The highest BCUT2D eigenvalue weighted by molar-refractivity contribution is 7.14. The fraction of sp³-hybridized carbons (Fsp3) is 0.208. The standard InChI is InChI=1S/C24H22N4O3S/c1-30-17-10-11-18(22(12-17)31-2)20-14-32-24(25-20)26-23(29)21-13-19(15-8-9-15)27-28(21)16-6-4-3-5-7-16/h3-7,10-15H,8-9H2,1-2H3,(H,25,26,29). The zero-order valence-corrected chi connectivity index (χ0v) is 18.6. The summed E-state index contributed by atoms with van der Waals surface area (Å²) in [6.45, 7) is 0. The summed E-state index contributed by atoms with van der Waals surface area (Å²) in [6, 6.07) is 17.1. The average molecular weight is 447 g/mol. The monoisotopic (exact) mass is 446 g/mol. The third kappa shape index (κ3) is 3.97. The van der Waals surface area contributed by atoms with Crippen LogP contribution in [0.15, 0.2) is 60.0 Å². The first-order chi connectivity index (χ1) is 15.7. The molecule has 0 saturated heterocycles. The number of methoxy groups -OCH3 is 2. The Morgan fingerprint density at radius 2 is 1.91 bits per heavy atom. The molecule has 5 rings (SSSR count). The van der Waals surface area contributed by atoms with Crippen LogP contribution in [0.3, 0.4) is 0 Å². The van der Waals surface area contributed by atoms with E-state index >= 15 is 0 Å². The number of carbonyl (C=O) groups is 1. The normalized spacial score (nSPS) is 13.1. The van der Waals surface area contributed by atoms with Gasteiger partial charge in [0.15, 0.2) is 5.13 Å². The number of thiazole rings is 1. The quantitative estimate of drug-likeness (QED) is 0.425. The molecule has 8 heteroatoms. The van der Waals surface area contributed by atoms with E-state index in [4.69, 9.17) is 14.6 Å². The van der Waals surface area contributed by atoms with Gasteiger partial charge in [0.1, 0.15) is 17.2 Å². The van der Waals surface area contributed by atoms with Crippen molar-refractivity contribution >= 4 is 22.4 Å². The molecule has 1 N–H and O–H groups in total. The molecule has 1 aliphatic carbocycles. The van der Waals surface area contributed by atoms with Crippen molar-refractivity contribution in [1.29, 1.82) is 0 Å². The molecule has 0 spiro atoms. The van der Waals surface area contributed by atoms with E-state index in [-0.39, 0.29) is 5.91 Å². The lowest BCUT2D eigenvalue weighted by atomic mass is 10.1. The molecule has 7 nitrogen and oxygen atoms in total. The lowest BCUT2D eigenvalue weighted by molar-refractivity contribution is 0.101. The number of anilines is 1. The summed E-state index contributed by atoms with van der Waals surface area (Å²) in [6.07, 6.45) is 2.23. The van der Waals surface area contributed by atoms with Gasteiger partial charge in [0.05, 0.1) is 31.3 Å². The predicted octanol–water partition coefficient (Wildman–Crippen LogP) is 5.14. The summed E-state index contributed by atoms with van der Waals surface area (Å²) in [5.74, 6) is 1.56. The van der Waals surface area contributed by atoms with Crippen LogP contribution in [-0.4, -0.2) is 34.9 Å². The molecule has 2 heterocycles. The van der Waals surface area contributed by atoms with E-state index in [0.29, 0.717) is 28.2 Å². The van der Waals surface area contributed by atoms with E-state index < -0.39 is 0 Å². The number of carbonyl (C=O) groups excluding carboxylic acids is 1. The Labute approximate surface area is 189 Å². The van der Waals surface area contributed by atoms with Crippen molar-refractivity contribution in [2.75, 3.05) is 19.5 Å². The molecule has 0 aliphatic heterocycles. The van der Waals surface area contributed by atoms with E-state index in [0.717, 1.165) is 35.5 Å². The number of amides is 1. The summed E-state index contributed by atoms with van der Waals surface area (Å²) in [4.78, 5) is 17.8. The second-order valence-electron chi connectivity index (χ2n) is 7.53. The van der Waals surface area contributed by atoms with Gasteiger partial charge in [-0.2, -0.15) is 5.10 Å². The molecule has 0 bridgehead atoms. The van der Waals surface area contributed by atoms with Gasteiger partial charge in [-0.3, -0.25) is 10.1 Å². The van der Waals surface area contributed by atoms with Crippen LogP contribution in [0.2, 0.25) is 0 Å². The minimum atomic E-state index is -0.240. The number of hydrogen-bond acceptors (Lipinski definition) is 6. The van der Waals surface area contributed by atoms with Gasteiger partial charge in [0, 0.05) is 22.9 Å². The number of nitrogens with zero attached hydrogens (tertiary/aromatic N) is 3. The Kier molecular flexibility index (Phi) is 5.36. The summed E-state index contributed by atoms with van der Waals surface area (Å²) < 4.78 is 12.5. The van der Waals surface area contributed by atoms with Crippen molar-refractivity contribution in [2.24, 2.45) is 0 Å². The SMILES string of the molecule is COc1ccc(-c2csc(NC(=O)c3cc(C4CC4)nn3-c3ccccc3)n2)c(OC)c1. The van der Waals surface area contributed by atoms with E-state index in [9.17, 15) is 4.79 Å². The Hall–Kier alpha value is -3.65. The molecular formula is C24H22N4O3S. The van der Waals surface area contributed by atoms with Gasteiger partial charge < -0.3 is 9.47 Å². The van der Waals surface area contributed by atoms with Crippen molar-refractivity contribution in [1.82, 2.24) is 14.8 Å². The number of benzene rings is 2. The second-order valence-corrected chi connectivity index (χ2v) is 8.39. The minimum absolute atomic E-state index is 0.240. The third-order valence-electron chi connectivity index (χ3n) is 5.37. The van der Waals surface area contributed by atoms with E-state index in [2.05, 4.69) is 10.3 Å². The first-order valence-corrected chi connectivity index (χ1v) is 11.2. The molecule has 1 fully saturated rings. The Morgan fingerprint density at radius 1 is 1.09 bits per heavy atom. The molecular weight excluding hydrogens is 424 g/mol. The van der Waals surface area contributed by atoms with Crippen molar-refractivity contribution < 1.29 is 14.3 Å². The van der Waals surface area contributed by atoms with Crippen molar-refractivity contribution in [3.63, 3.8) is 0 Å². The van der Waals surface area contributed by atoms with Crippen LogP contribution in [-0.2, 0) is 0 Å². The van der Waals surface area contributed by atoms with Gasteiger partial charge >= 0.3 is 0 Å². The molecule has 0 radical (unpaired) electrons. The molecule has 4 aromatic rings. The zero-order chi connectivity index (χ0) is 22.1. The number of hydrogen-bond donors (Lipinski definition) is 1. The van der Waals surface area contributed by atoms with E-state index in [1.165, 1.54) is 11.3 Å². The topological polar surface area (TPSA) is 78.3 Å². The van der Waals surface area contributed by atoms with Crippen LogP contribution in [0.25, 0.3) is 16.9 Å². The maximum Gasteiger partial charge on any atom is 0.276 e. The zero-order valence-electron chi connectivity index (χ0n) is 17.7. The van der Waals surface area contributed by atoms with Crippen LogP contribution in [0.5, 0.6) is 11.5 Å². The summed E-state index contributed by atoms with van der Waals surface area (Å²) in [5.41, 5.74) is 3.86. The fourth-order valence-corrected chi connectivity index (χ4v) is 4.24. The van der Waals surface area contributed by atoms with Gasteiger partial charge in [-0.1, -0.05) is 18.2 Å². The molecule has 1 amide bonds. The second kappa shape index (κ2) is 8.47. The average Bonchev–Trinajstić information content (AvgIpc) is 3.42. The van der Waals surface area contributed by atoms with Crippen LogP contribution >= 0.6 is 11.3 Å². The molecule has 0 atom stereocenters. The summed E-state index contributed by atoms with van der Waals surface area (Å²) in [7, 11) is 3.22. The maximum atomic E-state index is 13.2.